The van der Waals surface area contributed by atoms with Gasteiger partial charge >= 0.3 is 0 Å². The molecule has 4 nitrogen and oxygen atoms in total. The van der Waals surface area contributed by atoms with Gasteiger partial charge in [-0.1, -0.05) is 29.8 Å². The zero-order chi connectivity index (χ0) is 18.0. The number of carbonyl (C=O) groups is 2. The Hall–Kier alpha value is -2.76. The first kappa shape index (κ1) is 17.1. The Kier molecular flexibility index (Phi) is 4.79. The summed E-state index contributed by atoms with van der Waals surface area (Å²) >= 11 is 0. The molecule has 0 radical (unpaired) electrons. The van der Waals surface area contributed by atoms with Crippen LogP contribution in [-0.4, -0.2) is 29.8 Å². The molecule has 25 heavy (non-hydrogen) atoms. The van der Waals surface area contributed by atoms with E-state index in [1.165, 1.54) is 11.0 Å². The minimum Gasteiger partial charge on any atom is -0.352 e. The van der Waals surface area contributed by atoms with E-state index >= 15 is 0 Å². The van der Waals surface area contributed by atoms with E-state index in [1.54, 1.807) is 0 Å². The molecule has 3 rings (SSSR count). The Labute approximate surface area is 144 Å². The highest BCUT2D eigenvalue weighted by Gasteiger charge is 2.36. The summed E-state index contributed by atoms with van der Waals surface area (Å²) in [4.78, 5) is 25.7. The van der Waals surface area contributed by atoms with E-state index in [1.807, 2.05) is 31.2 Å². The second-order valence-corrected chi connectivity index (χ2v) is 6.24. The highest BCUT2D eigenvalue weighted by molar-refractivity contribution is 5.96. The molecule has 6 heteroatoms. The van der Waals surface area contributed by atoms with Crippen LogP contribution in [-0.2, 0) is 11.3 Å². The zero-order valence-corrected chi connectivity index (χ0v) is 13.8. The van der Waals surface area contributed by atoms with Gasteiger partial charge in [-0.3, -0.25) is 9.59 Å². The number of nitrogens with zero attached hydrogens (tertiary/aromatic N) is 1. The monoisotopic (exact) mass is 344 g/mol. The number of benzene rings is 2. The second-order valence-electron chi connectivity index (χ2n) is 6.24. The largest absolute Gasteiger partial charge is 0.352 e. The topological polar surface area (TPSA) is 49.4 Å². The third-order valence-corrected chi connectivity index (χ3v) is 4.29. The summed E-state index contributed by atoms with van der Waals surface area (Å²) < 4.78 is 26.1. The lowest BCUT2D eigenvalue weighted by Crippen LogP contribution is -2.55. The van der Waals surface area contributed by atoms with E-state index in [-0.39, 0.29) is 30.5 Å². The van der Waals surface area contributed by atoms with Crippen LogP contribution in [0.25, 0.3) is 0 Å². The van der Waals surface area contributed by atoms with Crippen LogP contribution in [0.5, 0.6) is 0 Å². The number of nitrogens with one attached hydrogen (secondary N) is 1. The highest BCUT2D eigenvalue weighted by Crippen LogP contribution is 2.20. The Bertz CT molecular complexity index is 800. The van der Waals surface area contributed by atoms with E-state index in [9.17, 15) is 18.4 Å². The molecule has 1 aliphatic rings. The van der Waals surface area contributed by atoms with E-state index in [2.05, 4.69) is 5.32 Å². The van der Waals surface area contributed by atoms with E-state index in [0.29, 0.717) is 6.54 Å². The van der Waals surface area contributed by atoms with Crippen molar-refractivity contribution in [2.75, 3.05) is 13.1 Å². The molecule has 0 bridgehead atoms. The van der Waals surface area contributed by atoms with Crippen molar-refractivity contribution in [1.29, 1.82) is 0 Å². The summed E-state index contributed by atoms with van der Waals surface area (Å²) in [5, 5.41) is 2.85. The first-order valence-corrected chi connectivity index (χ1v) is 8.01. The third-order valence-electron chi connectivity index (χ3n) is 4.29. The lowest BCUT2D eigenvalue weighted by atomic mass is 9.97. The minimum atomic E-state index is -1.06. The van der Waals surface area contributed by atoms with Crippen LogP contribution in [0.3, 0.4) is 0 Å². The van der Waals surface area contributed by atoms with Crippen molar-refractivity contribution in [1.82, 2.24) is 10.2 Å². The van der Waals surface area contributed by atoms with Gasteiger partial charge in [0.15, 0.2) is 11.6 Å². The third kappa shape index (κ3) is 3.84. The highest BCUT2D eigenvalue weighted by atomic mass is 19.2. The molecule has 1 saturated heterocycles. The number of likely N-dealkylation sites (tertiary alicyclic amines) is 1. The predicted octanol–water partition coefficient (Wildman–Crippen LogP) is 2.66. The smallest absolute Gasteiger partial charge is 0.254 e. The van der Waals surface area contributed by atoms with Gasteiger partial charge in [-0.05, 0) is 30.7 Å². The van der Waals surface area contributed by atoms with Gasteiger partial charge in [0, 0.05) is 25.2 Å². The molecule has 0 spiro atoms. The van der Waals surface area contributed by atoms with Crippen LogP contribution in [0.2, 0.25) is 0 Å². The fourth-order valence-electron chi connectivity index (χ4n) is 2.66. The molecule has 1 N–H and O–H groups in total. The van der Waals surface area contributed by atoms with E-state index in [4.69, 9.17) is 0 Å². The maximum atomic E-state index is 13.2. The first-order valence-electron chi connectivity index (χ1n) is 8.01. The van der Waals surface area contributed by atoms with Crippen molar-refractivity contribution in [3.8, 4) is 0 Å². The molecule has 130 valence electrons. The van der Waals surface area contributed by atoms with Gasteiger partial charge in [0.05, 0.1) is 5.92 Å². The minimum absolute atomic E-state index is 0.0809. The molecule has 2 aromatic carbocycles. The molecule has 1 heterocycles. The lowest BCUT2D eigenvalue weighted by molar-refractivity contribution is -0.129. The number of halogens is 2. The second kappa shape index (κ2) is 7.01. The van der Waals surface area contributed by atoms with Gasteiger partial charge < -0.3 is 10.2 Å². The molecule has 2 aromatic rings. The number of aryl methyl sites for hydroxylation is 1. The number of hydrogen-bond acceptors (Lipinski definition) is 2. The van der Waals surface area contributed by atoms with Crippen LogP contribution in [0, 0.1) is 24.5 Å². The summed E-state index contributed by atoms with van der Waals surface area (Å²) in [6.45, 7) is 2.98. The standard InChI is InChI=1S/C19H18F2N2O2/c1-12-2-4-13(5-3-12)9-22-18(24)15-10-23(11-15)19(25)14-6-7-16(20)17(21)8-14/h2-8,15H,9-11H2,1H3,(H,22,24). The van der Waals surface area contributed by atoms with Gasteiger partial charge in [-0.15, -0.1) is 0 Å². The Morgan fingerprint density at radius 1 is 1.08 bits per heavy atom. The Morgan fingerprint density at radius 3 is 2.40 bits per heavy atom. The molecule has 1 fully saturated rings. The van der Waals surface area contributed by atoms with Crippen molar-refractivity contribution < 1.29 is 18.4 Å². The zero-order valence-electron chi connectivity index (χ0n) is 13.8. The van der Waals surface area contributed by atoms with Gasteiger partial charge in [-0.25, -0.2) is 8.78 Å². The Balaban J connectivity index is 1.49. The number of amides is 2. The Morgan fingerprint density at radius 2 is 1.76 bits per heavy atom. The van der Waals surface area contributed by atoms with E-state index < -0.39 is 17.5 Å². The van der Waals surface area contributed by atoms with Crippen LogP contribution < -0.4 is 5.32 Å². The number of carbonyl (C=O) groups excluding carboxylic acids is 2. The van der Waals surface area contributed by atoms with Crippen molar-refractivity contribution in [3.05, 3.63) is 70.8 Å². The number of hydrogen-bond donors (Lipinski definition) is 1. The molecule has 0 aromatic heterocycles. The number of rotatable bonds is 4. The molecule has 0 aliphatic carbocycles. The average Bonchev–Trinajstić information content (AvgIpc) is 2.55. The van der Waals surface area contributed by atoms with Crippen molar-refractivity contribution >= 4 is 11.8 Å². The average molecular weight is 344 g/mol. The summed E-state index contributed by atoms with van der Waals surface area (Å²) in [5.41, 5.74) is 2.24. The molecule has 0 atom stereocenters. The van der Waals surface area contributed by atoms with Crippen LogP contribution in [0.15, 0.2) is 42.5 Å². The van der Waals surface area contributed by atoms with Gasteiger partial charge in [0.2, 0.25) is 5.91 Å². The van der Waals surface area contributed by atoms with Crippen molar-refractivity contribution in [2.24, 2.45) is 5.92 Å². The quantitative estimate of drug-likeness (QED) is 0.927. The summed E-state index contributed by atoms with van der Waals surface area (Å²) in [7, 11) is 0. The first-order chi connectivity index (χ1) is 11.9. The fourth-order valence-corrected chi connectivity index (χ4v) is 2.66. The summed E-state index contributed by atoms with van der Waals surface area (Å²) in [5.74, 6) is -2.84. The molecular weight excluding hydrogens is 326 g/mol. The predicted molar refractivity (Wildman–Crippen MR) is 88.8 cm³/mol. The fraction of sp³-hybridized carbons (Fsp3) is 0.263. The van der Waals surface area contributed by atoms with Crippen LogP contribution in [0.1, 0.15) is 21.5 Å². The van der Waals surface area contributed by atoms with Crippen molar-refractivity contribution in [3.63, 3.8) is 0 Å². The van der Waals surface area contributed by atoms with Crippen molar-refractivity contribution in [2.45, 2.75) is 13.5 Å². The lowest BCUT2D eigenvalue weighted by Gasteiger charge is -2.38. The summed E-state index contributed by atoms with van der Waals surface area (Å²) in [6.07, 6.45) is 0. The van der Waals surface area contributed by atoms with Gasteiger partial charge in [-0.2, -0.15) is 0 Å². The maximum Gasteiger partial charge on any atom is 0.254 e. The molecule has 0 saturated carbocycles. The molecule has 1 aliphatic heterocycles. The van der Waals surface area contributed by atoms with Crippen LogP contribution in [0.4, 0.5) is 8.78 Å². The molecule has 2 amide bonds. The normalized spacial score (nSPS) is 14.1. The molecular formula is C19H18F2N2O2. The summed E-state index contributed by atoms with van der Waals surface area (Å²) in [6, 6.07) is 10.9. The van der Waals surface area contributed by atoms with Gasteiger partial charge in [0.1, 0.15) is 0 Å². The van der Waals surface area contributed by atoms with Crippen LogP contribution >= 0.6 is 0 Å². The SMILES string of the molecule is Cc1ccc(CNC(=O)C2CN(C(=O)c3ccc(F)c(F)c3)C2)cc1. The molecule has 0 unspecified atom stereocenters. The maximum absolute atomic E-state index is 13.2. The van der Waals surface area contributed by atoms with Gasteiger partial charge in [0.25, 0.3) is 5.91 Å². The van der Waals surface area contributed by atoms with E-state index in [0.717, 1.165) is 23.3 Å².